The lowest BCUT2D eigenvalue weighted by molar-refractivity contribution is 0.0729. The van der Waals surface area contributed by atoms with E-state index in [2.05, 4.69) is 30.3 Å². The molecule has 1 aliphatic heterocycles. The molecule has 1 amide bonds. The molecule has 0 radical (unpaired) electrons. The molecule has 126 valence electrons. The highest BCUT2D eigenvalue weighted by molar-refractivity contribution is 7.17. The third kappa shape index (κ3) is 2.78. The number of nitrogens with zero attached hydrogens (tertiary/aromatic N) is 1. The minimum absolute atomic E-state index is 0.187. The van der Waals surface area contributed by atoms with Gasteiger partial charge in [-0.2, -0.15) is 0 Å². The van der Waals surface area contributed by atoms with Crippen LogP contribution in [0.4, 0.5) is 0 Å². The van der Waals surface area contributed by atoms with Crippen molar-refractivity contribution in [3.63, 3.8) is 0 Å². The minimum atomic E-state index is 0.187. The maximum atomic E-state index is 13.0. The number of hydrogen-bond acceptors (Lipinski definition) is 3. The van der Waals surface area contributed by atoms with Gasteiger partial charge in [0.2, 0.25) is 0 Å². The Balaban J connectivity index is 1.60. The molecular weight excluding hydrogens is 318 g/mol. The second-order valence-electron chi connectivity index (χ2n) is 6.78. The molecule has 1 aromatic heterocycles. The molecule has 1 fully saturated rings. The predicted molar refractivity (Wildman–Crippen MR) is 97.5 cm³/mol. The van der Waals surface area contributed by atoms with Crippen molar-refractivity contribution in [1.29, 1.82) is 0 Å². The third-order valence-corrected chi connectivity index (χ3v) is 6.48. The summed E-state index contributed by atoms with van der Waals surface area (Å²) in [4.78, 5) is 17.2. The summed E-state index contributed by atoms with van der Waals surface area (Å²) in [6, 6.07) is 11.0. The molecule has 1 aliphatic carbocycles. The fraction of sp³-hybridized carbons (Fsp3) is 0.450. The average Bonchev–Trinajstić information content (AvgIpc) is 3.26. The van der Waals surface area contributed by atoms with Gasteiger partial charge in [0.05, 0.1) is 4.88 Å². The first-order valence-electron chi connectivity index (χ1n) is 8.90. The summed E-state index contributed by atoms with van der Waals surface area (Å²) < 4.78 is 0. The minimum Gasteiger partial charge on any atom is -0.396 e. The van der Waals surface area contributed by atoms with E-state index < -0.39 is 0 Å². The molecule has 1 N–H and O–H groups in total. The van der Waals surface area contributed by atoms with Crippen LogP contribution in [0.1, 0.15) is 46.5 Å². The second kappa shape index (κ2) is 6.69. The summed E-state index contributed by atoms with van der Waals surface area (Å²) in [5.41, 5.74) is 4.03. The van der Waals surface area contributed by atoms with Crippen molar-refractivity contribution in [2.45, 2.75) is 44.6 Å². The maximum absolute atomic E-state index is 13.0. The zero-order valence-electron chi connectivity index (χ0n) is 13.8. The number of carbonyl (C=O) groups excluding carboxylic acids is 1. The fourth-order valence-corrected chi connectivity index (χ4v) is 5.28. The van der Waals surface area contributed by atoms with Crippen LogP contribution >= 0.6 is 11.3 Å². The third-order valence-electron chi connectivity index (χ3n) is 5.28. The predicted octanol–water partition coefficient (Wildman–Crippen LogP) is 3.89. The quantitative estimate of drug-likeness (QED) is 0.916. The molecule has 3 nitrogen and oxygen atoms in total. The van der Waals surface area contributed by atoms with E-state index in [4.69, 9.17) is 5.11 Å². The van der Waals surface area contributed by atoms with Crippen LogP contribution in [0.2, 0.25) is 0 Å². The molecule has 4 heteroatoms. The van der Waals surface area contributed by atoms with Crippen molar-refractivity contribution in [1.82, 2.24) is 4.90 Å². The Morgan fingerprint density at radius 1 is 1.25 bits per heavy atom. The molecule has 2 aliphatic rings. The Morgan fingerprint density at radius 2 is 2.08 bits per heavy atom. The monoisotopic (exact) mass is 341 g/mol. The van der Waals surface area contributed by atoms with Crippen molar-refractivity contribution in [3.05, 3.63) is 46.3 Å². The highest BCUT2D eigenvalue weighted by Crippen LogP contribution is 2.40. The van der Waals surface area contributed by atoms with Crippen LogP contribution in [0.3, 0.4) is 0 Å². The van der Waals surface area contributed by atoms with E-state index in [1.807, 2.05) is 4.90 Å². The van der Waals surface area contributed by atoms with Gasteiger partial charge in [0.1, 0.15) is 0 Å². The molecule has 1 atom stereocenters. The Morgan fingerprint density at radius 3 is 2.96 bits per heavy atom. The van der Waals surface area contributed by atoms with Crippen LogP contribution in [0, 0.1) is 0 Å². The number of aliphatic hydroxyl groups excluding tert-OH is 1. The van der Waals surface area contributed by atoms with Gasteiger partial charge in [0.25, 0.3) is 5.91 Å². The lowest BCUT2D eigenvalue weighted by Gasteiger charge is -2.24. The average molecular weight is 341 g/mol. The normalized spacial score (nSPS) is 19.2. The number of hydrogen-bond donors (Lipinski definition) is 1. The van der Waals surface area contributed by atoms with Crippen LogP contribution in [0.15, 0.2) is 30.3 Å². The molecule has 1 saturated heterocycles. The zero-order valence-corrected chi connectivity index (χ0v) is 14.6. The van der Waals surface area contributed by atoms with E-state index in [0.29, 0.717) is 6.04 Å². The standard InChI is InChI=1S/C20H23NO2S/c22-12-4-7-16-6-3-11-21(16)20(23)18-13-15-10-9-14-5-1-2-8-17(14)19(15)24-18/h1-2,5,8,13,16,22H,3-4,6-7,9-12H2. The highest BCUT2D eigenvalue weighted by Gasteiger charge is 2.31. The van der Waals surface area contributed by atoms with Gasteiger partial charge >= 0.3 is 0 Å². The first-order chi connectivity index (χ1) is 11.8. The van der Waals surface area contributed by atoms with E-state index in [0.717, 1.165) is 49.9 Å². The number of thiophene rings is 1. The Labute approximate surface area is 146 Å². The molecule has 24 heavy (non-hydrogen) atoms. The molecule has 0 bridgehead atoms. The summed E-state index contributed by atoms with van der Waals surface area (Å²) in [5, 5.41) is 9.07. The number of rotatable bonds is 4. The van der Waals surface area contributed by atoms with Crippen molar-refractivity contribution >= 4 is 17.2 Å². The molecule has 4 rings (SSSR count). The molecule has 0 spiro atoms. The summed E-state index contributed by atoms with van der Waals surface area (Å²) in [7, 11) is 0. The number of fused-ring (bicyclic) bond motifs is 3. The number of benzene rings is 1. The Bertz CT molecular complexity index is 752. The molecule has 2 heterocycles. The van der Waals surface area contributed by atoms with Gasteiger partial charge < -0.3 is 10.0 Å². The van der Waals surface area contributed by atoms with Crippen molar-refractivity contribution < 1.29 is 9.90 Å². The van der Waals surface area contributed by atoms with Gasteiger partial charge in [0.15, 0.2) is 0 Å². The lowest BCUT2D eigenvalue weighted by Crippen LogP contribution is -2.35. The highest BCUT2D eigenvalue weighted by atomic mass is 32.1. The number of likely N-dealkylation sites (tertiary alicyclic amines) is 1. The van der Waals surface area contributed by atoms with E-state index in [1.165, 1.54) is 21.6 Å². The van der Waals surface area contributed by atoms with Crippen LogP contribution < -0.4 is 0 Å². The van der Waals surface area contributed by atoms with E-state index in [1.54, 1.807) is 11.3 Å². The lowest BCUT2D eigenvalue weighted by atomic mass is 9.91. The van der Waals surface area contributed by atoms with Gasteiger partial charge in [-0.1, -0.05) is 24.3 Å². The summed E-state index contributed by atoms with van der Waals surface area (Å²) in [6.07, 6.45) is 5.94. The smallest absolute Gasteiger partial charge is 0.264 e. The maximum Gasteiger partial charge on any atom is 0.264 e. The number of amides is 1. The van der Waals surface area contributed by atoms with Crippen LogP contribution in [-0.4, -0.2) is 35.1 Å². The summed E-state index contributed by atoms with van der Waals surface area (Å²) >= 11 is 1.66. The van der Waals surface area contributed by atoms with E-state index in [-0.39, 0.29) is 12.5 Å². The van der Waals surface area contributed by atoms with Crippen molar-refractivity contribution in [2.75, 3.05) is 13.2 Å². The van der Waals surface area contributed by atoms with Crippen molar-refractivity contribution in [3.8, 4) is 10.4 Å². The van der Waals surface area contributed by atoms with Crippen molar-refractivity contribution in [2.24, 2.45) is 0 Å². The Hall–Kier alpha value is -1.65. The topological polar surface area (TPSA) is 40.5 Å². The zero-order chi connectivity index (χ0) is 16.5. The molecule has 1 unspecified atom stereocenters. The molecular formula is C20H23NO2S. The molecule has 2 aromatic rings. The largest absolute Gasteiger partial charge is 0.396 e. The van der Waals surface area contributed by atoms with Crippen LogP contribution in [-0.2, 0) is 12.8 Å². The number of aryl methyl sites for hydroxylation is 2. The summed E-state index contributed by atoms with van der Waals surface area (Å²) in [6.45, 7) is 1.07. The molecule has 1 aromatic carbocycles. The van der Waals surface area contributed by atoms with Crippen LogP contribution in [0.5, 0.6) is 0 Å². The van der Waals surface area contributed by atoms with Gasteiger partial charge in [-0.15, -0.1) is 11.3 Å². The van der Waals surface area contributed by atoms with Gasteiger partial charge in [0, 0.05) is 24.1 Å². The Kier molecular flexibility index (Phi) is 4.42. The van der Waals surface area contributed by atoms with E-state index in [9.17, 15) is 4.79 Å². The number of carbonyl (C=O) groups is 1. The fourth-order valence-electron chi connectivity index (χ4n) is 4.05. The number of aliphatic hydroxyl groups is 1. The second-order valence-corrected chi connectivity index (χ2v) is 7.83. The molecule has 0 saturated carbocycles. The van der Waals surface area contributed by atoms with Crippen LogP contribution in [0.25, 0.3) is 10.4 Å². The first kappa shape index (κ1) is 15.9. The first-order valence-corrected chi connectivity index (χ1v) is 9.72. The SMILES string of the molecule is O=C(c1cc2c(s1)-c1ccccc1CC2)N1CCCC1CCCO. The van der Waals surface area contributed by atoms with E-state index >= 15 is 0 Å². The summed E-state index contributed by atoms with van der Waals surface area (Å²) in [5.74, 6) is 0.187. The van der Waals surface area contributed by atoms with Gasteiger partial charge in [-0.05, 0) is 61.3 Å². The van der Waals surface area contributed by atoms with Gasteiger partial charge in [-0.25, -0.2) is 0 Å². The van der Waals surface area contributed by atoms with Gasteiger partial charge in [-0.3, -0.25) is 4.79 Å².